The molecule has 0 spiro atoms. The van der Waals surface area contributed by atoms with Crippen LogP contribution < -0.4 is 20.9 Å². The number of nitrogens with zero attached hydrogens (tertiary/aromatic N) is 8. The van der Waals surface area contributed by atoms with E-state index in [-0.39, 0.29) is 0 Å². The molecule has 0 atom stereocenters. The van der Waals surface area contributed by atoms with Gasteiger partial charge in [-0.25, -0.2) is 19.5 Å². The summed E-state index contributed by atoms with van der Waals surface area (Å²) < 4.78 is 11.4. The molecule has 0 aliphatic heterocycles. The van der Waals surface area contributed by atoms with E-state index in [2.05, 4.69) is 212 Å². The zero-order valence-electron chi connectivity index (χ0n) is 34.1. The maximum Gasteiger partial charge on any atom is 0.238 e. The van der Waals surface area contributed by atoms with Gasteiger partial charge in [-0.3, -0.25) is 13.4 Å². The van der Waals surface area contributed by atoms with Crippen LogP contribution in [0.25, 0.3) is 87.6 Å². The Morgan fingerprint density at radius 1 is 0.391 bits per heavy atom. The summed E-state index contributed by atoms with van der Waals surface area (Å²) in [7, 11) is -3.37. The van der Waals surface area contributed by atoms with Gasteiger partial charge in [0.25, 0.3) is 0 Å². The van der Waals surface area contributed by atoms with Crippen molar-refractivity contribution < 1.29 is 0 Å². The van der Waals surface area contributed by atoms with Crippen LogP contribution in [-0.2, 0) is 0 Å². The third-order valence-electron chi connectivity index (χ3n) is 12.9. The highest BCUT2D eigenvalue weighted by Crippen LogP contribution is 2.35. The van der Waals surface area contributed by atoms with Gasteiger partial charge in [0.1, 0.15) is 5.82 Å². The molecule has 14 rings (SSSR count). The lowest BCUT2D eigenvalue weighted by Gasteiger charge is -2.34. The summed E-state index contributed by atoms with van der Waals surface area (Å²) >= 11 is 1.87. The first kappa shape index (κ1) is 35.4. The molecule has 0 aliphatic carbocycles. The number of para-hydroxylation sites is 8. The van der Waals surface area contributed by atoms with Crippen molar-refractivity contribution in [1.29, 1.82) is 0 Å². The minimum absolute atomic E-state index is 0.535. The highest BCUT2D eigenvalue weighted by molar-refractivity contribution is 7.30. The van der Waals surface area contributed by atoms with Crippen LogP contribution >= 0.6 is 11.3 Å². The van der Waals surface area contributed by atoms with E-state index in [1.54, 1.807) is 0 Å². The molecule has 64 heavy (non-hydrogen) atoms. The fourth-order valence-corrected chi connectivity index (χ4v) is 16.7. The molecule has 8 nitrogen and oxygen atoms in total. The van der Waals surface area contributed by atoms with E-state index >= 15 is 0 Å². The van der Waals surface area contributed by atoms with Crippen molar-refractivity contribution in [2.24, 2.45) is 0 Å². The summed E-state index contributed by atoms with van der Waals surface area (Å²) in [6, 6.07) is 73.8. The number of rotatable bonds is 6. The van der Waals surface area contributed by atoms with Crippen molar-refractivity contribution in [3.8, 4) is 11.8 Å². The first-order chi connectivity index (χ1) is 31.8. The quantitative estimate of drug-likeness (QED) is 0.124. The zero-order valence-corrected chi connectivity index (χ0v) is 35.9. The lowest BCUT2D eigenvalue weighted by molar-refractivity contribution is 0.936. The molecule has 0 radical (unpaired) electrons. The molecule has 300 valence electrons. The monoisotopic (exact) mass is 854 g/mol. The first-order valence-electron chi connectivity index (χ1n) is 21.4. The SMILES string of the molecule is c1ccc([Si](c2ccccc2)(c2cc(-n3c4ccccc4n4c5ccccc5nc34)nc(-n3c4ccccc4n4c5ccccc5nc34)n2)c2cccc3c2sc2ccccc23)cc1. The van der Waals surface area contributed by atoms with Gasteiger partial charge in [0.15, 0.2) is 0 Å². The molecule has 0 N–H and O–H groups in total. The van der Waals surface area contributed by atoms with Gasteiger partial charge >= 0.3 is 0 Å². The molecular formula is C54H34N8SSi. The average Bonchev–Trinajstić information content (AvgIpc) is 4.16. The highest BCUT2D eigenvalue weighted by Gasteiger charge is 2.45. The lowest BCUT2D eigenvalue weighted by Crippen LogP contribution is -2.75. The molecule has 0 bridgehead atoms. The second-order valence-corrected chi connectivity index (χ2v) is 21.1. The van der Waals surface area contributed by atoms with E-state index in [1.165, 1.54) is 35.7 Å². The van der Waals surface area contributed by atoms with Crippen molar-refractivity contribution in [3.05, 3.63) is 206 Å². The molecule has 14 aromatic rings. The topological polar surface area (TPSA) is 70.2 Å². The van der Waals surface area contributed by atoms with Crippen LogP contribution in [0.2, 0.25) is 0 Å². The fourth-order valence-electron chi connectivity index (χ4n) is 10.3. The summed E-state index contributed by atoms with van der Waals surface area (Å²) in [4.78, 5) is 22.3. The Morgan fingerprint density at radius 2 is 0.891 bits per heavy atom. The number of fused-ring (bicyclic) bond motifs is 13. The van der Waals surface area contributed by atoms with Crippen molar-refractivity contribution in [1.82, 2.24) is 37.9 Å². The maximum absolute atomic E-state index is 5.95. The molecule has 10 heteroatoms. The van der Waals surface area contributed by atoms with Crippen LogP contribution in [0.15, 0.2) is 206 Å². The zero-order chi connectivity index (χ0) is 41.9. The van der Waals surface area contributed by atoms with E-state index < -0.39 is 8.07 Å². The maximum atomic E-state index is 5.95. The van der Waals surface area contributed by atoms with E-state index in [0.717, 1.165) is 66.8 Å². The van der Waals surface area contributed by atoms with E-state index in [0.29, 0.717) is 5.95 Å². The number of benzene rings is 8. The van der Waals surface area contributed by atoms with E-state index in [4.69, 9.17) is 19.9 Å². The third-order valence-corrected chi connectivity index (χ3v) is 19.0. The first-order valence-corrected chi connectivity index (χ1v) is 24.2. The molecule has 0 unspecified atom stereocenters. The molecule has 0 saturated heterocycles. The Morgan fingerprint density at radius 3 is 1.53 bits per heavy atom. The Bertz CT molecular complexity index is 3950. The van der Waals surface area contributed by atoms with Gasteiger partial charge in [0, 0.05) is 31.6 Å². The molecule has 0 saturated carbocycles. The minimum Gasteiger partial charge on any atom is -0.276 e. The summed E-state index contributed by atoms with van der Waals surface area (Å²) in [6.45, 7) is 0. The standard InChI is InChI=1S/C54H34N8SSi/c1-3-18-35(19-4-1)64(36-20-5-2-6-21-36,48-33-17-23-38-37-22-7-16-32-47(37)63-51(38)48)50-34-49(61-45-30-14-12-28-43(45)59-41-26-10-8-24-39(41)55-53(59)61)57-52(58-50)62-46-31-15-13-29-44(46)60-42-27-11-9-25-40(42)56-54(60)62/h1-34H. The van der Waals surface area contributed by atoms with Crippen molar-refractivity contribution >= 4 is 116 Å². The number of hydrogen-bond acceptors (Lipinski definition) is 5. The van der Waals surface area contributed by atoms with Gasteiger partial charge in [-0.2, -0.15) is 4.98 Å². The molecule has 0 amide bonds. The smallest absolute Gasteiger partial charge is 0.238 e. The molecule has 6 aromatic heterocycles. The molecule has 0 fully saturated rings. The second-order valence-electron chi connectivity index (χ2n) is 16.3. The average molecular weight is 855 g/mol. The van der Waals surface area contributed by atoms with Crippen LogP contribution in [0.5, 0.6) is 0 Å². The van der Waals surface area contributed by atoms with Crippen LogP contribution in [0.3, 0.4) is 0 Å². The van der Waals surface area contributed by atoms with E-state index in [9.17, 15) is 0 Å². The normalized spacial score (nSPS) is 12.4. The second kappa shape index (κ2) is 13.4. The number of hydrogen-bond donors (Lipinski definition) is 0. The lowest BCUT2D eigenvalue weighted by atomic mass is 10.1. The third kappa shape index (κ3) is 4.80. The van der Waals surface area contributed by atoms with Crippen molar-refractivity contribution in [2.45, 2.75) is 0 Å². The van der Waals surface area contributed by atoms with Crippen LogP contribution in [0, 0.1) is 0 Å². The van der Waals surface area contributed by atoms with Crippen LogP contribution in [-0.4, -0.2) is 45.9 Å². The van der Waals surface area contributed by atoms with E-state index in [1.807, 2.05) is 23.5 Å². The van der Waals surface area contributed by atoms with Gasteiger partial charge in [0.2, 0.25) is 25.6 Å². The van der Waals surface area contributed by atoms with Crippen molar-refractivity contribution in [2.75, 3.05) is 0 Å². The fraction of sp³-hybridized carbons (Fsp3) is 0. The molecule has 6 heterocycles. The van der Waals surface area contributed by atoms with Crippen LogP contribution in [0.1, 0.15) is 0 Å². The Balaban J connectivity index is 1.20. The molecular weight excluding hydrogens is 821 g/mol. The Kier molecular flexibility index (Phi) is 7.42. The number of thiophene rings is 1. The Labute approximate surface area is 370 Å². The summed E-state index contributed by atoms with van der Waals surface area (Å²) in [5.41, 5.74) is 7.93. The predicted molar refractivity (Wildman–Crippen MR) is 265 cm³/mol. The van der Waals surface area contributed by atoms with Gasteiger partial charge in [0.05, 0.1) is 44.1 Å². The molecule has 8 aromatic carbocycles. The predicted octanol–water partition coefficient (Wildman–Crippen LogP) is 9.71. The van der Waals surface area contributed by atoms with Gasteiger partial charge < -0.3 is 0 Å². The van der Waals surface area contributed by atoms with Gasteiger partial charge in [-0.05, 0) is 70.2 Å². The van der Waals surface area contributed by atoms with Crippen molar-refractivity contribution in [3.63, 3.8) is 0 Å². The summed E-state index contributed by atoms with van der Waals surface area (Å²) in [5.74, 6) is 2.79. The van der Waals surface area contributed by atoms with Crippen LogP contribution in [0.4, 0.5) is 0 Å². The van der Waals surface area contributed by atoms with Gasteiger partial charge in [-0.1, -0.05) is 146 Å². The summed E-state index contributed by atoms with van der Waals surface area (Å²) in [6.07, 6.45) is 0. The number of imidazole rings is 4. The molecule has 0 aliphatic rings. The minimum atomic E-state index is -3.37. The summed E-state index contributed by atoms with van der Waals surface area (Å²) in [5, 5.41) is 7.20. The van der Waals surface area contributed by atoms with Gasteiger partial charge in [-0.15, -0.1) is 11.3 Å². The Hall–Kier alpha value is -8.18. The largest absolute Gasteiger partial charge is 0.276 e. The highest BCUT2D eigenvalue weighted by atomic mass is 32.1. The number of aromatic nitrogens is 8.